The standard InChI is InChI=1S/C19H22N2OS/c1-3-21-16-11-12-23-18(16)13-17(21)19(22)20-14(2)9-10-15-7-5-4-6-8-15/h4-8,11-14H,3,9-10H2,1-2H3,(H,20,22). The van der Waals surface area contributed by atoms with Crippen LogP contribution >= 0.6 is 11.3 Å². The Morgan fingerprint density at radius 1 is 1.26 bits per heavy atom. The monoisotopic (exact) mass is 326 g/mol. The number of aryl methyl sites for hydroxylation is 2. The van der Waals surface area contributed by atoms with Crippen molar-refractivity contribution in [3.8, 4) is 0 Å². The molecular formula is C19H22N2OS. The summed E-state index contributed by atoms with van der Waals surface area (Å²) in [4.78, 5) is 12.6. The molecule has 120 valence electrons. The summed E-state index contributed by atoms with van der Waals surface area (Å²) in [7, 11) is 0. The van der Waals surface area contributed by atoms with E-state index < -0.39 is 0 Å². The first kappa shape index (κ1) is 15.8. The number of nitrogens with one attached hydrogen (secondary N) is 1. The fourth-order valence-corrected chi connectivity index (χ4v) is 3.73. The number of amides is 1. The highest BCUT2D eigenvalue weighted by Crippen LogP contribution is 2.25. The highest BCUT2D eigenvalue weighted by molar-refractivity contribution is 7.17. The van der Waals surface area contributed by atoms with E-state index in [2.05, 4.69) is 59.4 Å². The van der Waals surface area contributed by atoms with Gasteiger partial charge in [-0.15, -0.1) is 11.3 Å². The fraction of sp³-hybridized carbons (Fsp3) is 0.316. The average molecular weight is 326 g/mol. The van der Waals surface area contributed by atoms with Crippen molar-refractivity contribution in [1.29, 1.82) is 0 Å². The van der Waals surface area contributed by atoms with Gasteiger partial charge >= 0.3 is 0 Å². The molecule has 1 atom stereocenters. The lowest BCUT2D eigenvalue weighted by Crippen LogP contribution is -2.34. The van der Waals surface area contributed by atoms with Crippen LogP contribution in [-0.4, -0.2) is 16.5 Å². The minimum Gasteiger partial charge on any atom is -0.348 e. The van der Waals surface area contributed by atoms with Gasteiger partial charge in [0.2, 0.25) is 0 Å². The van der Waals surface area contributed by atoms with Crippen LogP contribution in [0.4, 0.5) is 0 Å². The van der Waals surface area contributed by atoms with Crippen LogP contribution in [0, 0.1) is 0 Å². The number of benzene rings is 1. The number of hydrogen-bond donors (Lipinski definition) is 1. The van der Waals surface area contributed by atoms with E-state index in [4.69, 9.17) is 0 Å². The zero-order chi connectivity index (χ0) is 16.2. The first-order chi connectivity index (χ1) is 11.2. The molecule has 1 amide bonds. The summed E-state index contributed by atoms with van der Waals surface area (Å²) in [6.45, 7) is 4.95. The quantitative estimate of drug-likeness (QED) is 0.712. The van der Waals surface area contributed by atoms with Gasteiger partial charge in [0.25, 0.3) is 5.91 Å². The first-order valence-electron chi connectivity index (χ1n) is 8.10. The largest absolute Gasteiger partial charge is 0.348 e. The zero-order valence-corrected chi connectivity index (χ0v) is 14.4. The summed E-state index contributed by atoms with van der Waals surface area (Å²) < 4.78 is 3.26. The number of nitrogens with zero attached hydrogens (tertiary/aromatic N) is 1. The van der Waals surface area contributed by atoms with E-state index in [1.54, 1.807) is 11.3 Å². The molecule has 23 heavy (non-hydrogen) atoms. The molecule has 0 aliphatic heterocycles. The Morgan fingerprint density at radius 2 is 2.04 bits per heavy atom. The van der Waals surface area contributed by atoms with Crippen molar-refractivity contribution in [1.82, 2.24) is 9.88 Å². The van der Waals surface area contributed by atoms with Crippen LogP contribution in [0.3, 0.4) is 0 Å². The lowest BCUT2D eigenvalue weighted by molar-refractivity contribution is 0.0929. The SMILES string of the molecule is CCn1c(C(=O)NC(C)CCc2ccccc2)cc2sccc21. The van der Waals surface area contributed by atoms with Gasteiger partial charge in [-0.05, 0) is 49.8 Å². The van der Waals surface area contributed by atoms with Gasteiger partial charge in [0.1, 0.15) is 5.69 Å². The molecule has 0 spiro atoms. The second kappa shape index (κ2) is 7.01. The maximum absolute atomic E-state index is 12.6. The predicted molar refractivity (Wildman–Crippen MR) is 97.2 cm³/mol. The Labute approximate surface area is 140 Å². The minimum absolute atomic E-state index is 0.0239. The molecule has 0 aliphatic rings. The lowest BCUT2D eigenvalue weighted by atomic mass is 10.1. The third-order valence-electron chi connectivity index (χ3n) is 4.16. The molecule has 1 aromatic carbocycles. The molecule has 2 heterocycles. The van der Waals surface area contributed by atoms with Crippen molar-refractivity contribution >= 4 is 27.5 Å². The molecule has 2 aromatic heterocycles. The molecule has 0 fully saturated rings. The molecule has 0 radical (unpaired) electrons. The summed E-state index contributed by atoms with van der Waals surface area (Å²) in [6.07, 6.45) is 1.92. The predicted octanol–water partition coefficient (Wildman–Crippen LogP) is 4.47. The number of aromatic nitrogens is 1. The van der Waals surface area contributed by atoms with Crippen molar-refractivity contribution in [2.75, 3.05) is 0 Å². The Morgan fingerprint density at radius 3 is 2.78 bits per heavy atom. The van der Waals surface area contributed by atoms with Gasteiger partial charge in [-0.3, -0.25) is 4.79 Å². The Balaban J connectivity index is 1.64. The molecule has 0 bridgehead atoms. The Bertz CT molecular complexity index is 788. The van der Waals surface area contributed by atoms with E-state index in [1.807, 2.05) is 12.1 Å². The van der Waals surface area contributed by atoms with Crippen molar-refractivity contribution in [2.24, 2.45) is 0 Å². The number of rotatable bonds is 6. The van der Waals surface area contributed by atoms with E-state index >= 15 is 0 Å². The van der Waals surface area contributed by atoms with Crippen molar-refractivity contribution < 1.29 is 4.79 Å². The van der Waals surface area contributed by atoms with Crippen molar-refractivity contribution in [2.45, 2.75) is 39.3 Å². The number of hydrogen-bond acceptors (Lipinski definition) is 2. The third-order valence-corrected chi connectivity index (χ3v) is 5.01. The maximum Gasteiger partial charge on any atom is 0.268 e. The topological polar surface area (TPSA) is 34.0 Å². The van der Waals surface area contributed by atoms with Gasteiger partial charge in [0, 0.05) is 12.6 Å². The smallest absolute Gasteiger partial charge is 0.268 e. The second-order valence-electron chi connectivity index (χ2n) is 5.84. The van der Waals surface area contributed by atoms with E-state index in [0.717, 1.165) is 30.6 Å². The first-order valence-corrected chi connectivity index (χ1v) is 8.98. The molecule has 0 saturated heterocycles. The Kier molecular flexibility index (Phi) is 4.82. The van der Waals surface area contributed by atoms with Crippen LogP contribution in [-0.2, 0) is 13.0 Å². The summed E-state index contributed by atoms with van der Waals surface area (Å²) in [5.74, 6) is 0.0239. The van der Waals surface area contributed by atoms with E-state index in [9.17, 15) is 4.79 Å². The zero-order valence-electron chi connectivity index (χ0n) is 13.6. The van der Waals surface area contributed by atoms with E-state index in [-0.39, 0.29) is 11.9 Å². The van der Waals surface area contributed by atoms with Crippen LogP contribution in [0.2, 0.25) is 0 Å². The lowest BCUT2D eigenvalue weighted by Gasteiger charge is -2.15. The normalized spacial score (nSPS) is 12.4. The van der Waals surface area contributed by atoms with Gasteiger partial charge in [-0.1, -0.05) is 30.3 Å². The number of thiophene rings is 1. The van der Waals surface area contributed by atoms with Gasteiger partial charge < -0.3 is 9.88 Å². The van der Waals surface area contributed by atoms with Crippen LogP contribution < -0.4 is 5.32 Å². The molecule has 0 aliphatic carbocycles. The van der Waals surface area contributed by atoms with Gasteiger partial charge in [-0.2, -0.15) is 0 Å². The van der Waals surface area contributed by atoms with Crippen LogP contribution in [0.1, 0.15) is 36.3 Å². The molecule has 1 unspecified atom stereocenters. The van der Waals surface area contributed by atoms with E-state index in [1.165, 1.54) is 10.3 Å². The summed E-state index contributed by atoms with van der Waals surface area (Å²) in [5, 5.41) is 5.21. The van der Waals surface area contributed by atoms with Gasteiger partial charge in [0.05, 0.1) is 10.2 Å². The second-order valence-corrected chi connectivity index (χ2v) is 6.79. The fourth-order valence-electron chi connectivity index (χ4n) is 2.90. The third kappa shape index (κ3) is 3.48. The molecule has 3 nitrogen and oxygen atoms in total. The highest BCUT2D eigenvalue weighted by atomic mass is 32.1. The highest BCUT2D eigenvalue weighted by Gasteiger charge is 2.17. The van der Waals surface area contributed by atoms with Crippen LogP contribution in [0.5, 0.6) is 0 Å². The van der Waals surface area contributed by atoms with Crippen molar-refractivity contribution in [3.05, 3.63) is 59.1 Å². The summed E-state index contributed by atoms with van der Waals surface area (Å²) in [5.41, 5.74) is 3.23. The minimum atomic E-state index is 0.0239. The van der Waals surface area contributed by atoms with Crippen LogP contribution in [0.15, 0.2) is 47.8 Å². The average Bonchev–Trinajstić information content (AvgIpc) is 3.14. The summed E-state index contributed by atoms with van der Waals surface area (Å²) >= 11 is 1.68. The maximum atomic E-state index is 12.6. The molecule has 4 heteroatoms. The molecule has 0 saturated carbocycles. The van der Waals surface area contributed by atoms with E-state index in [0.29, 0.717) is 0 Å². The number of carbonyl (C=O) groups excluding carboxylic acids is 1. The number of carbonyl (C=O) groups is 1. The summed E-state index contributed by atoms with van der Waals surface area (Å²) in [6, 6.07) is 14.6. The van der Waals surface area contributed by atoms with Crippen molar-refractivity contribution in [3.63, 3.8) is 0 Å². The molecule has 1 N–H and O–H groups in total. The van der Waals surface area contributed by atoms with Crippen LogP contribution in [0.25, 0.3) is 10.2 Å². The molecule has 3 aromatic rings. The molecule has 3 rings (SSSR count). The number of fused-ring (bicyclic) bond motifs is 1. The Hall–Kier alpha value is -2.07. The van der Waals surface area contributed by atoms with Gasteiger partial charge in [-0.25, -0.2) is 0 Å². The van der Waals surface area contributed by atoms with Gasteiger partial charge in [0.15, 0.2) is 0 Å². The molecular weight excluding hydrogens is 304 g/mol.